The van der Waals surface area contributed by atoms with Crippen molar-refractivity contribution in [2.45, 2.75) is 142 Å². The molecule has 6 rings (SSSR count). The van der Waals surface area contributed by atoms with Crippen molar-refractivity contribution in [1.82, 2.24) is 0 Å². The van der Waals surface area contributed by atoms with Gasteiger partial charge < -0.3 is 40.1 Å². The van der Waals surface area contributed by atoms with Gasteiger partial charge in [0.25, 0.3) is 0 Å². The summed E-state index contributed by atoms with van der Waals surface area (Å²) < 4.78 is 12.0. The summed E-state index contributed by atoms with van der Waals surface area (Å²) in [5, 5.41) is 64.1. The summed E-state index contributed by atoms with van der Waals surface area (Å²) in [7, 11) is 0. The second-order valence-electron chi connectivity index (χ2n) is 16.8. The first kappa shape index (κ1) is 32.9. The van der Waals surface area contributed by atoms with E-state index >= 15 is 0 Å². The van der Waals surface area contributed by atoms with Crippen LogP contribution in [0.1, 0.15) is 99.3 Å². The van der Waals surface area contributed by atoms with Crippen LogP contribution in [0.4, 0.5) is 0 Å². The molecule has 9 nitrogen and oxygen atoms in total. The maximum absolute atomic E-state index is 12.2. The van der Waals surface area contributed by atoms with E-state index < -0.39 is 53.6 Å². The monoisotopic (exact) mass is 620 g/mol. The van der Waals surface area contributed by atoms with Crippen LogP contribution in [0.3, 0.4) is 0 Å². The third-order valence-corrected chi connectivity index (χ3v) is 15.1. The van der Waals surface area contributed by atoms with Crippen LogP contribution in [-0.4, -0.2) is 86.1 Å². The van der Waals surface area contributed by atoms with Gasteiger partial charge in [-0.15, -0.1) is 0 Å². The van der Waals surface area contributed by atoms with Gasteiger partial charge in [-0.25, -0.2) is 4.79 Å². The fourth-order valence-electron chi connectivity index (χ4n) is 12.5. The lowest BCUT2D eigenvalue weighted by Gasteiger charge is -2.65. The van der Waals surface area contributed by atoms with E-state index in [0.29, 0.717) is 30.3 Å². The van der Waals surface area contributed by atoms with Crippen molar-refractivity contribution in [3.8, 4) is 0 Å². The number of fused-ring (bicyclic) bond motifs is 2. The van der Waals surface area contributed by atoms with Gasteiger partial charge in [-0.1, -0.05) is 40.7 Å². The molecule has 0 unspecified atom stereocenters. The Labute approximate surface area is 262 Å². The van der Waals surface area contributed by atoms with Crippen LogP contribution in [-0.2, 0) is 14.3 Å². The third-order valence-electron chi connectivity index (χ3n) is 15.1. The summed E-state index contributed by atoms with van der Waals surface area (Å²) in [6.07, 6.45) is 3.61. The van der Waals surface area contributed by atoms with E-state index in [9.17, 15) is 35.4 Å². The highest BCUT2D eigenvalue weighted by atomic mass is 16.7. The van der Waals surface area contributed by atoms with Gasteiger partial charge in [0.05, 0.1) is 24.9 Å². The van der Waals surface area contributed by atoms with Crippen molar-refractivity contribution in [3.05, 3.63) is 11.6 Å². The number of ether oxygens (including phenoxy) is 2. The largest absolute Gasteiger partial charge is 0.478 e. The fraction of sp³-hybridized carbons (Fsp3) is 0.914. The minimum absolute atomic E-state index is 0.0204. The normalized spacial score (nSPS) is 53.6. The number of aliphatic hydroxyl groups is 5. The Morgan fingerprint density at radius 2 is 1.64 bits per heavy atom. The molecule has 6 aliphatic rings. The number of aliphatic hydroxyl groups excluding tert-OH is 5. The molecule has 0 amide bonds. The molecule has 0 aromatic carbocycles. The SMILES string of the molecule is C/C(=C\CC[C@@H](C)[C@H]1C[C@H](O)[C@@]2(C)[C@@H]3CC[C@H]4C(C)(C)[C@@H](O[C@H]5OC[C@@H](O)[C@@H](O)[C@H]5O)CC[C@@]45C[C@]35C[C@@H](O)[C@]12C)C(=O)O. The lowest BCUT2D eigenvalue weighted by molar-refractivity contribution is -0.304. The zero-order chi connectivity index (χ0) is 32.2. The molecular weight excluding hydrogens is 564 g/mol. The van der Waals surface area contributed by atoms with Gasteiger partial charge in [-0.2, -0.15) is 0 Å². The molecule has 1 heterocycles. The maximum Gasteiger partial charge on any atom is 0.330 e. The van der Waals surface area contributed by atoms with Gasteiger partial charge >= 0.3 is 5.97 Å². The second kappa shape index (κ2) is 10.7. The molecule has 0 radical (unpaired) electrons. The molecule has 15 atom stereocenters. The zero-order valence-electron chi connectivity index (χ0n) is 27.4. The predicted octanol–water partition coefficient (Wildman–Crippen LogP) is 3.64. The Balaban J connectivity index is 1.22. The van der Waals surface area contributed by atoms with Crippen LogP contribution in [0.2, 0.25) is 0 Å². The molecule has 250 valence electrons. The molecule has 9 heteroatoms. The average molecular weight is 621 g/mol. The molecule has 0 aromatic heterocycles. The number of rotatable bonds is 7. The Kier molecular flexibility index (Phi) is 8.01. The van der Waals surface area contributed by atoms with Gasteiger partial charge in [0, 0.05) is 16.4 Å². The van der Waals surface area contributed by atoms with Crippen LogP contribution >= 0.6 is 0 Å². The molecule has 2 spiro atoms. The van der Waals surface area contributed by atoms with Crippen molar-refractivity contribution >= 4 is 5.97 Å². The first-order chi connectivity index (χ1) is 20.5. The molecule has 5 aliphatic carbocycles. The highest BCUT2D eigenvalue weighted by molar-refractivity contribution is 5.85. The Bertz CT molecular complexity index is 1170. The highest BCUT2D eigenvalue weighted by Gasteiger charge is 2.85. The van der Waals surface area contributed by atoms with Gasteiger partial charge in [-0.3, -0.25) is 0 Å². The quantitative estimate of drug-likeness (QED) is 0.185. The number of hydrogen-bond acceptors (Lipinski definition) is 8. The van der Waals surface area contributed by atoms with E-state index in [0.717, 1.165) is 44.9 Å². The van der Waals surface area contributed by atoms with Crippen LogP contribution in [0.25, 0.3) is 0 Å². The molecule has 1 saturated heterocycles. The summed E-state index contributed by atoms with van der Waals surface area (Å²) in [5.74, 6) is 0.175. The molecule has 6 fully saturated rings. The first-order valence-corrected chi connectivity index (χ1v) is 17.1. The number of carbonyl (C=O) groups is 1. The molecule has 0 bridgehead atoms. The van der Waals surface area contributed by atoms with Crippen LogP contribution in [0.5, 0.6) is 0 Å². The average Bonchev–Trinajstić information content (AvgIpc) is 3.56. The molecule has 44 heavy (non-hydrogen) atoms. The van der Waals surface area contributed by atoms with Crippen LogP contribution in [0, 0.1) is 50.7 Å². The molecule has 0 aromatic rings. The minimum atomic E-state index is -1.31. The van der Waals surface area contributed by atoms with Gasteiger partial charge in [0.1, 0.15) is 18.3 Å². The fourth-order valence-corrected chi connectivity index (χ4v) is 12.5. The van der Waals surface area contributed by atoms with E-state index in [4.69, 9.17) is 9.47 Å². The molecule has 5 saturated carbocycles. The topological polar surface area (TPSA) is 157 Å². The van der Waals surface area contributed by atoms with Crippen LogP contribution in [0.15, 0.2) is 11.6 Å². The van der Waals surface area contributed by atoms with E-state index in [-0.39, 0.29) is 40.8 Å². The van der Waals surface area contributed by atoms with Crippen molar-refractivity contribution in [1.29, 1.82) is 0 Å². The van der Waals surface area contributed by atoms with Gasteiger partial charge in [-0.05, 0) is 105 Å². The number of carboxylic acid groups (broad SMARTS) is 1. The Hall–Kier alpha value is -1.07. The molecule has 1 aliphatic heterocycles. The van der Waals surface area contributed by atoms with E-state index in [1.54, 1.807) is 13.0 Å². The summed E-state index contributed by atoms with van der Waals surface area (Å²) in [4.78, 5) is 11.3. The third kappa shape index (κ3) is 4.25. The zero-order valence-corrected chi connectivity index (χ0v) is 27.4. The number of hydrogen-bond donors (Lipinski definition) is 6. The standard InChI is InChI=1S/C35H56O9/c1-18(8-7-9-19(2)29(41)42)20-14-24(37)33(6)23-11-10-22-31(3,4)26(44-30-28(40)27(39)21(36)16-43-30)12-13-34(22)17-35(23,34)15-25(38)32(20,33)5/h9,18,20-28,30,36-40H,7-8,10-17H2,1-6H3,(H,41,42)/b19-9+/t18-,20-,21-,22+,23+,24+,25-,26+,27-,28-,30-,32+,33-,34-,35-/m1/s1. The van der Waals surface area contributed by atoms with E-state index in [2.05, 4.69) is 34.6 Å². The van der Waals surface area contributed by atoms with Crippen molar-refractivity contribution < 1.29 is 44.9 Å². The minimum Gasteiger partial charge on any atom is -0.478 e. The summed E-state index contributed by atoms with van der Waals surface area (Å²) in [6.45, 7) is 12.8. The highest BCUT2D eigenvalue weighted by Crippen LogP contribution is 2.89. The summed E-state index contributed by atoms with van der Waals surface area (Å²) in [5.41, 5.74) is -0.658. The predicted molar refractivity (Wildman–Crippen MR) is 162 cm³/mol. The first-order valence-electron chi connectivity index (χ1n) is 17.1. The van der Waals surface area contributed by atoms with Crippen molar-refractivity contribution in [3.63, 3.8) is 0 Å². The summed E-state index contributed by atoms with van der Waals surface area (Å²) in [6, 6.07) is 0. The maximum atomic E-state index is 12.2. The summed E-state index contributed by atoms with van der Waals surface area (Å²) >= 11 is 0. The number of aliphatic carboxylic acids is 1. The molecule has 6 N–H and O–H groups in total. The number of carboxylic acids is 1. The van der Waals surface area contributed by atoms with Crippen molar-refractivity contribution in [2.24, 2.45) is 50.7 Å². The van der Waals surface area contributed by atoms with Gasteiger partial charge in [0.2, 0.25) is 0 Å². The Morgan fingerprint density at radius 3 is 2.32 bits per heavy atom. The smallest absolute Gasteiger partial charge is 0.330 e. The lowest BCUT2D eigenvalue weighted by Crippen LogP contribution is -2.64. The molecular formula is C35H56O9. The van der Waals surface area contributed by atoms with E-state index in [1.807, 2.05) is 0 Å². The van der Waals surface area contributed by atoms with E-state index in [1.165, 1.54) is 0 Å². The van der Waals surface area contributed by atoms with Gasteiger partial charge in [0.15, 0.2) is 6.29 Å². The lowest BCUT2D eigenvalue weighted by atomic mass is 9.40. The second-order valence-corrected chi connectivity index (χ2v) is 16.8. The Morgan fingerprint density at radius 1 is 0.955 bits per heavy atom. The number of allylic oxidation sites excluding steroid dienone is 1. The van der Waals surface area contributed by atoms with Crippen molar-refractivity contribution in [2.75, 3.05) is 6.61 Å². The van der Waals surface area contributed by atoms with Crippen LogP contribution < -0.4 is 0 Å².